The molecule has 4 heteroatoms. The van der Waals surface area contributed by atoms with Gasteiger partial charge in [0.15, 0.2) is 0 Å². The van der Waals surface area contributed by atoms with Crippen molar-refractivity contribution >= 4 is 11.5 Å². The summed E-state index contributed by atoms with van der Waals surface area (Å²) >= 11 is 0. The zero-order valence-electron chi connectivity index (χ0n) is 12.3. The third-order valence-corrected chi connectivity index (χ3v) is 2.76. The van der Waals surface area contributed by atoms with Crippen LogP contribution in [0.2, 0.25) is 0 Å². The molecule has 0 fully saturated rings. The first-order chi connectivity index (χ1) is 9.49. The lowest BCUT2D eigenvalue weighted by Crippen LogP contribution is -2.12. The first-order valence-electron chi connectivity index (χ1n) is 6.42. The topological polar surface area (TPSA) is 59.3 Å². The van der Waals surface area contributed by atoms with Crippen molar-refractivity contribution in [3.8, 4) is 11.8 Å². The van der Waals surface area contributed by atoms with E-state index in [0.717, 1.165) is 11.3 Å². The van der Waals surface area contributed by atoms with Gasteiger partial charge in [-0.1, -0.05) is 26.0 Å². The number of hydrogen-bond donors (Lipinski definition) is 0. The lowest BCUT2D eigenvalue weighted by atomic mass is 10.0. The van der Waals surface area contributed by atoms with Gasteiger partial charge in [-0.25, -0.2) is 4.79 Å². The number of carbonyl (C=O) groups is 1. The lowest BCUT2D eigenvalue weighted by molar-refractivity contribution is -0.139. The SMILES string of the molecule is COc1ccc(/C(C)=C(\C#N)C(=O)OCC(C)C)cc1. The van der Waals surface area contributed by atoms with Crippen molar-refractivity contribution in [1.29, 1.82) is 5.26 Å². The van der Waals surface area contributed by atoms with Crippen LogP contribution in [0.15, 0.2) is 29.8 Å². The number of esters is 1. The van der Waals surface area contributed by atoms with E-state index in [1.54, 1.807) is 38.3 Å². The summed E-state index contributed by atoms with van der Waals surface area (Å²) in [5.41, 5.74) is 1.43. The molecule has 4 nitrogen and oxygen atoms in total. The number of rotatable bonds is 5. The maximum absolute atomic E-state index is 11.9. The molecule has 0 amide bonds. The first-order valence-corrected chi connectivity index (χ1v) is 6.42. The molecule has 0 saturated carbocycles. The Morgan fingerprint density at radius 3 is 2.35 bits per heavy atom. The van der Waals surface area contributed by atoms with Gasteiger partial charge in [0.1, 0.15) is 17.4 Å². The van der Waals surface area contributed by atoms with Gasteiger partial charge in [0.25, 0.3) is 0 Å². The van der Waals surface area contributed by atoms with Crippen molar-refractivity contribution < 1.29 is 14.3 Å². The van der Waals surface area contributed by atoms with Crippen LogP contribution in [0.25, 0.3) is 5.57 Å². The minimum absolute atomic E-state index is 0.0378. The quantitative estimate of drug-likeness (QED) is 0.469. The highest BCUT2D eigenvalue weighted by molar-refractivity contribution is 6.01. The summed E-state index contributed by atoms with van der Waals surface area (Å²) in [4.78, 5) is 11.9. The predicted octanol–water partition coefficient (Wildman–Crippen LogP) is 3.19. The highest BCUT2D eigenvalue weighted by Crippen LogP contribution is 2.21. The van der Waals surface area contributed by atoms with Crippen molar-refractivity contribution in [2.75, 3.05) is 13.7 Å². The van der Waals surface area contributed by atoms with Crippen molar-refractivity contribution in [3.05, 3.63) is 35.4 Å². The summed E-state index contributed by atoms with van der Waals surface area (Å²) in [6.45, 7) is 5.93. The molecule has 0 radical (unpaired) electrons. The summed E-state index contributed by atoms with van der Waals surface area (Å²) in [5, 5.41) is 9.16. The average Bonchev–Trinajstić information content (AvgIpc) is 2.45. The molecule has 1 rings (SSSR count). The number of ether oxygens (including phenoxy) is 2. The Labute approximate surface area is 119 Å². The van der Waals surface area contributed by atoms with E-state index in [1.807, 2.05) is 19.9 Å². The van der Waals surface area contributed by atoms with E-state index in [0.29, 0.717) is 12.2 Å². The smallest absolute Gasteiger partial charge is 0.349 e. The van der Waals surface area contributed by atoms with Crippen LogP contribution in [0, 0.1) is 17.2 Å². The molecule has 0 unspecified atom stereocenters. The molecule has 106 valence electrons. The third kappa shape index (κ3) is 4.13. The van der Waals surface area contributed by atoms with E-state index >= 15 is 0 Å². The second-order valence-corrected chi connectivity index (χ2v) is 4.83. The molecule has 20 heavy (non-hydrogen) atoms. The van der Waals surface area contributed by atoms with Crippen LogP contribution in [-0.2, 0) is 9.53 Å². The van der Waals surface area contributed by atoms with Crippen LogP contribution in [-0.4, -0.2) is 19.7 Å². The van der Waals surface area contributed by atoms with E-state index < -0.39 is 5.97 Å². The van der Waals surface area contributed by atoms with E-state index in [4.69, 9.17) is 14.7 Å². The monoisotopic (exact) mass is 273 g/mol. The summed E-state index contributed by atoms with van der Waals surface area (Å²) in [7, 11) is 1.59. The maximum Gasteiger partial charge on any atom is 0.349 e. The van der Waals surface area contributed by atoms with Crippen molar-refractivity contribution in [3.63, 3.8) is 0 Å². The van der Waals surface area contributed by atoms with Gasteiger partial charge in [-0.3, -0.25) is 0 Å². The van der Waals surface area contributed by atoms with Crippen LogP contribution in [0.5, 0.6) is 5.75 Å². The molecule has 0 atom stereocenters. The second kappa shape index (κ2) is 7.34. The van der Waals surface area contributed by atoms with Gasteiger partial charge in [0.2, 0.25) is 0 Å². The molecule has 0 aliphatic rings. The molecular formula is C16H19NO3. The molecule has 0 N–H and O–H groups in total. The van der Waals surface area contributed by atoms with Crippen LogP contribution in [0.3, 0.4) is 0 Å². The molecule has 0 heterocycles. The number of carbonyl (C=O) groups excluding carboxylic acids is 1. The average molecular weight is 273 g/mol. The number of benzene rings is 1. The van der Waals surface area contributed by atoms with Crippen molar-refractivity contribution in [1.82, 2.24) is 0 Å². The number of nitriles is 1. The number of allylic oxidation sites excluding steroid dienone is 1. The zero-order valence-corrected chi connectivity index (χ0v) is 12.3. The number of hydrogen-bond acceptors (Lipinski definition) is 4. The molecule has 0 aliphatic heterocycles. The number of nitrogens with zero attached hydrogens (tertiary/aromatic N) is 1. The minimum atomic E-state index is -0.575. The van der Waals surface area contributed by atoms with Crippen LogP contribution in [0.1, 0.15) is 26.3 Å². The van der Waals surface area contributed by atoms with E-state index in [1.165, 1.54) is 0 Å². The first kappa shape index (κ1) is 15.8. The third-order valence-electron chi connectivity index (χ3n) is 2.76. The molecule has 0 bridgehead atoms. The van der Waals surface area contributed by atoms with Gasteiger partial charge in [-0.2, -0.15) is 5.26 Å². The minimum Gasteiger partial charge on any atom is -0.497 e. The fourth-order valence-corrected chi connectivity index (χ4v) is 1.58. The van der Waals surface area contributed by atoms with Gasteiger partial charge < -0.3 is 9.47 Å². The van der Waals surface area contributed by atoms with Crippen LogP contribution in [0.4, 0.5) is 0 Å². The molecule has 1 aromatic carbocycles. The summed E-state index contributed by atoms with van der Waals surface area (Å²) in [6, 6.07) is 9.11. The van der Waals surface area contributed by atoms with Gasteiger partial charge in [0.05, 0.1) is 13.7 Å². The summed E-state index contributed by atoms with van der Waals surface area (Å²) in [6.07, 6.45) is 0. The van der Waals surface area contributed by atoms with Crippen molar-refractivity contribution in [2.45, 2.75) is 20.8 Å². The molecule has 0 saturated heterocycles. The Morgan fingerprint density at radius 2 is 1.90 bits per heavy atom. The summed E-state index contributed by atoms with van der Waals surface area (Å²) in [5.74, 6) is 0.386. The highest BCUT2D eigenvalue weighted by Gasteiger charge is 2.15. The molecule has 0 spiro atoms. The normalized spacial score (nSPS) is 11.6. The van der Waals surface area contributed by atoms with E-state index in [9.17, 15) is 4.79 Å². The molecule has 0 aliphatic carbocycles. The predicted molar refractivity (Wildman–Crippen MR) is 77.0 cm³/mol. The van der Waals surface area contributed by atoms with Gasteiger partial charge in [0, 0.05) is 0 Å². The van der Waals surface area contributed by atoms with Crippen molar-refractivity contribution in [2.24, 2.45) is 5.92 Å². The Bertz CT molecular complexity index is 536. The van der Waals surface area contributed by atoms with Gasteiger partial charge >= 0.3 is 5.97 Å². The standard InChI is InChI=1S/C16H19NO3/c1-11(2)10-20-16(18)15(9-17)12(3)13-5-7-14(19-4)8-6-13/h5-8,11H,10H2,1-4H3/b15-12+. The fourth-order valence-electron chi connectivity index (χ4n) is 1.58. The fraction of sp³-hybridized carbons (Fsp3) is 0.375. The Balaban J connectivity index is 2.99. The zero-order chi connectivity index (χ0) is 15.1. The largest absolute Gasteiger partial charge is 0.497 e. The van der Waals surface area contributed by atoms with Gasteiger partial charge in [-0.15, -0.1) is 0 Å². The Hall–Kier alpha value is -2.28. The molecular weight excluding hydrogens is 254 g/mol. The Kier molecular flexibility index (Phi) is 5.79. The Morgan fingerprint density at radius 1 is 1.30 bits per heavy atom. The number of methoxy groups -OCH3 is 1. The van der Waals surface area contributed by atoms with E-state index in [2.05, 4.69) is 0 Å². The lowest BCUT2D eigenvalue weighted by Gasteiger charge is -2.09. The summed E-state index contributed by atoms with van der Waals surface area (Å²) < 4.78 is 10.2. The van der Waals surface area contributed by atoms with Crippen LogP contribution >= 0.6 is 0 Å². The highest BCUT2D eigenvalue weighted by atomic mass is 16.5. The second-order valence-electron chi connectivity index (χ2n) is 4.83. The van der Waals surface area contributed by atoms with E-state index in [-0.39, 0.29) is 11.5 Å². The van der Waals surface area contributed by atoms with Crippen LogP contribution < -0.4 is 4.74 Å². The van der Waals surface area contributed by atoms with Gasteiger partial charge in [-0.05, 0) is 36.1 Å². The molecule has 0 aromatic heterocycles. The molecule has 1 aromatic rings. The maximum atomic E-state index is 11.9.